The van der Waals surface area contributed by atoms with Crippen molar-refractivity contribution in [3.63, 3.8) is 0 Å². The highest BCUT2D eigenvalue weighted by molar-refractivity contribution is 5.89. The number of likely N-dealkylation sites (N-methyl/N-ethyl adjacent to an activating group) is 2. The topological polar surface area (TPSA) is 115 Å². The predicted octanol–water partition coefficient (Wildman–Crippen LogP) is -2.61. The van der Waals surface area contributed by atoms with Crippen molar-refractivity contribution in [1.29, 1.82) is 0 Å². The standard InChI is InChI=1S/C13H29N5O3/c1-14-6-4-5-10(16-3)13(21)18-11(9-19)12(20)17-8-7-15-2/h10-11,14-16,19H,4-9H2,1-3H3,(H,17,20)(H,18,21)/t10-,11-/m0/s1. The number of amides is 2. The van der Waals surface area contributed by atoms with E-state index >= 15 is 0 Å². The van der Waals surface area contributed by atoms with Crippen molar-refractivity contribution >= 4 is 11.8 Å². The van der Waals surface area contributed by atoms with Gasteiger partial charge >= 0.3 is 0 Å². The third-order valence-electron chi connectivity index (χ3n) is 3.07. The van der Waals surface area contributed by atoms with Crippen molar-refractivity contribution in [3.8, 4) is 0 Å². The average molecular weight is 303 g/mol. The van der Waals surface area contributed by atoms with E-state index in [1.54, 1.807) is 14.1 Å². The summed E-state index contributed by atoms with van der Waals surface area (Å²) in [6.07, 6.45) is 1.50. The molecule has 0 saturated carbocycles. The number of aliphatic hydroxyl groups is 1. The van der Waals surface area contributed by atoms with Crippen LogP contribution >= 0.6 is 0 Å². The van der Waals surface area contributed by atoms with E-state index in [9.17, 15) is 14.7 Å². The number of hydrogen-bond acceptors (Lipinski definition) is 6. The summed E-state index contributed by atoms with van der Waals surface area (Å²) in [6.45, 7) is 1.46. The van der Waals surface area contributed by atoms with Crippen LogP contribution in [0.4, 0.5) is 0 Å². The van der Waals surface area contributed by atoms with E-state index in [2.05, 4.69) is 26.6 Å². The van der Waals surface area contributed by atoms with Gasteiger partial charge in [0.15, 0.2) is 0 Å². The summed E-state index contributed by atoms with van der Waals surface area (Å²) in [5.74, 6) is -0.664. The molecule has 0 rings (SSSR count). The lowest BCUT2D eigenvalue weighted by Crippen LogP contribution is -2.54. The monoisotopic (exact) mass is 303 g/mol. The maximum absolute atomic E-state index is 12.1. The van der Waals surface area contributed by atoms with Crippen LogP contribution in [0.5, 0.6) is 0 Å². The molecule has 0 unspecified atom stereocenters. The van der Waals surface area contributed by atoms with Crippen molar-refractivity contribution in [2.75, 3.05) is 47.4 Å². The number of rotatable bonds is 12. The molecule has 0 aliphatic rings. The van der Waals surface area contributed by atoms with Crippen molar-refractivity contribution in [1.82, 2.24) is 26.6 Å². The average Bonchev–Trinajstić information content (AvgIpc) is 2.49. The van der Waals surface area contributed by atoms with Gasteiger partial charge < -0.3 is 31.7 Å². The summed E-state index contributed by atoms with van der Waals surface area (Å²) in [7, 11) is 5.33. The molecule has 0 aromatic carbocycles. The van der Waals surface area contributed by atoms with E-state index in [4.69, 9.17) is 0 Å². The molecule has 21 heavy (non-hydrogen) atoms. The highest BCUT2D eigenvalue weighted by Crippen LogP contribution is 1.97. The molecule has 0 aromatic heterocycles. The zero-order valence-electron chi connectivity index (χ0n) is 13.2. The molecule has 0 bridgehead atoms. The van der Waals surface area contributed by atoms with E-state index in [-0.39, 0.29) is 17.9 Å². The summed E-state index contributed by atoms with van der Waals surface area (Å²) in [5.41, 5.74) is 0. The largest absolute Gasteiger partial charge is 0.394 e. The molecule has 0 aliphatic carbocycles. The van der Waals surface area contributed by atoms with Gasteiger partial charge in [-0.05, 0) is 40.5 Å². The molecule has 8 heteroatoms. The summed E-state index contributed by atoms with van der Waals surface area (Å²) >= 11 is 0. The Morgan fingerprint density at radius 2 is 1.62 bits per heavy atom. The van der Waals surface area contributed by atoms with E-state index in [1.165, 1.54) is 0 Å². The number of nitrogens with one attached hydrogen (secondary N) is 5. The number of hydrogen-bond donors (Lipinski definition) is 6. The normalized spacial score (nSPS) is 13.5. The molecule has 0 heterocycles. The van der Waals surface area contributed by atoms with Gasteiger partial charge in [0.2, 0.25) is 11.8 Å². The Bertz CT molecular complexity index is 302. The lowest BCUT2D eigenvalue weighted by molar-refractivity contribution is -0.131. The Morgan fingerprint density at radius 1 is 0.952 bits per heavy atom. The minimum atomic E-state index is -0.922. The predicted molar refractivity (Wildman–Crippen MR) is 82.0 cm³/mol. The number of carbonyl (C=O) groups excluding carboxylic acids is 2. The maximum Gasteiger partial charge on any atom is 0.245 e. The maximum atomic E-state index is 12.1. The molecule has 0 fully saturated rings. The van der Waals surface area contributed by atoms with Crippen LogP contribution in [0.2, 0.25) is 0 Å². The van der Waals surface area contributed by atoms with E-state index in [1.807, 2.05) is 7.05 Å². The first-order valence-corrected chi connectivity index (χ1v) is 7.26. The molecular formula is C13H29N5O3. The minimum absolute atomic E-state index is 0.281. The van der Waals surface area contributed by atoms with Gasteiger partial charge in [0.05, 0.1) is 12.6 Å². The zero-order chi connectivity index (χ0) is 16.1. The second kappa shape index (κ2) is 12.5. The highest BCUT2D eigenvalue weighted by Gasteiger charge is 2.23. The Morgan fingerprint density at radius 3 is 2.14 bits per heavy atom. The second-order valence-electron chi connectivity index (χ2n) is 4.73. The SMILES string of the molecule is CNCCC[C@H](NC)C(=O)N[C@@H](CO)C(=O)NCCNC. The van der Waals surface area contributed by atoms with Crippen LogP contribution in [0.1, 0.15) is 12.8 Å². The highest BCUT2D eigenvalue weighted by atomic mass is 16.3. The lowest BCUT2D eigenvalue weighted by Gasteiger charge is -2.21. The van der Waals surface area contributed by atoms with Crippen molar-refractivity contribution in [3.05, 3.63) is 0 Å². The van der Waals surface area contributed by atoms with Gasteiger partial charge in [-0.3, -0.25) is 9.59 Å². The fourth-order valence-corrected chi connectivity index (χ4v) is 1.79. The lowest BCUT2D eigenvalue weighted by atomic mass is 10.1. The quantitative estimate of drug-likeness (QED) is 0.220. The molecule has 0 aliphatic heterocycles. The van der Waals surface area contributed by atoms with Gasteiger partial charge in [-0.2, -0.15) is 0 Å². The van der Waals surface area contributed by atoms with Crippen LogP contribution in [0, 0.1) is 0 Å². The molecule has 2 amide bonds. The number of aliphatic hydroxyl groups excluding tert-OH is 1. The second-order valence-corrected chi connectivity index (χ2v) is 4.73. The molecule has 2 atom stereocenters. The van der Waals surface area contributed by atoms with E-state index in [0.29, 0.717) is 19.5 Å². The van der Waals surface area contributed by atoms with Gasteiger partial charge in [0.25, 0.3) is 0 Å². The van der Waals surface area contributed by atoms with Gasteiger partial charge in [0, 0.05) is 13.1 Å². The first kappa shape index (κ1) is 19.8. The molecule has 0 aromatic rings. The first-order chi connectivity index (χ1) is 10.1. The number of carbonyl (C=O) groups is 2. The molecule has 8 nitrogen and oxygen atoms in total. The third kappa shape index (κ3) is 8.61. The van der Waals surface area contributed by atoms with Crippen LogP contribution in [-0.2, 0) is 9.59 Å². The van der Waals surface area contributed by atoms with Crippen LogP contribution < -0.4 is 26.6 Å². The van der Waals surface area contributed by atoms with Gasteiger partial charge in [-0.1, -0.05) is 0 Å². The molecular weight excluding hydrogens is 274 g/mol. The van der Waals surface area contributed by atoms with Gasteiger partial charge in [-0.25, -0.2) is 0 Å². The summed E-state index contributed by atoms with van der Waals surface area (Å²) < 4.78 is 0. The fourth-order valence-electron chi connectivity index (χ4n) is 1.79. The van der Waals surface area contributed by atoms with E-state index < -0.39 is 12.6 Å². The van der Waals surface area contributed by atoms with Crippen LogP contribution in [0.25, 0.3) is 0 Å². The third-order valence-corrected chi connectivity index (χ3v) is 3.07. The smallest absolute Gasteiger partial charge is 0.245 e. The summed E-state index contributed by atoms with van der Waals surface area (Å²) in [5, 5.41) is 23.3. The van der Waals surface area contributed by atoms with Crippen molar-refractivity contribution in [2.24, 2.45) is 0 Å². The molecule has 0 radical (unpaired) electrons. The summed E-state index contributed by atoms with van der Waals surface area (Å²) in [4.78, 5) is 23.9. The molecule has 0 saturated heterocycles. The Balaban J connectivity index is 4.29. The fraction of sp³-hybridized carbons (Fsp3) is 0.846. The zero-order valence-corrected chi connectivity index (χ0v) is 13.2. The van der Waals surface area contributed by atoms with Crippen LogP contribution in [-0.4, -0.2) is 76.4 Å². The molecule has 124 valence electrons. The Hall–Kier alpha value is -1.22. The van der Waals surface area contributed by atoms with Gasteiger partial charge in [0.1, 0.15) is 6.04 Å². The van der Waals surface area contributed by atoms with Crippen LogP contribution in [0.3, 0.4) is 0 Å². The Labute approximate surface area is 126 Å². The van der Waals surface area contributed by atoms with Gasteiger partial charge in [-0.15, -0.1) is 0 Å². The summed E-state index contributed by atoms with van der Waals surface area (Å²) in [6, 6.07) is -1.30. The molecule has 0 spiro atoms. The molecule has 6 N–H and O–H groups in total. The first-order valence-electron chi connectivity index (χ1n) is 7.26. The van der Waals surface area contributed by atoms with Crippen molar-refractivity contribution < 1.29 is 14.7 Å². The Kier molecular flexibility index (Phi) is 11.8. The van der Waals surface area contributed by atoms with Crippen LogP contribution in [0.15, 0.2) is 0 Å². The van der Waals surface area contributed by atoms with E-state index in [0.717, 1.165) is 13.0 Å². The van der Waals surface area contributed by atoms with Crippen molar-refractivity contribution in [2.45, 2.75) is 24.9 Å². The minimum Gasteiger partial charge on any atom is -0.394 e.